The Kier molecular flexibility index (Phi) is 4.11. The maximum absolute atomic E-state index is 11.8. The van der Waals surface area contributed by atoms with Gasteiger partial charge in [0.2, 0.25) is 5.91 Å². The minimum atomic E-state index is -0.140. The Morgan fingerprint density at radius 1 is 1.42 bits per heavy atom. The molecule has 0 saturated carbocycles. The van der Waals surface area contributed by atoms with Gasteiger partial charge < -0.3 is 11.1 Å². The molecule has 1 heterocycles. The van der Waals surface area contributed by atoms with Crippen molar-refractivity contribution in [3.63, 3.8) is 0 Å². The molecule has 0 aliphatic heterocycles. The Balaban J connectivity index is 1.93. The first-order chi connectivity index (χ1) is 9.17. The molecule has 6 heteroatoms. The lowest BCUT2D eigenvalue weighted by Gasteiger charge is -2.04. The first-order valence-corrected chi connectivity index (χ1v) is 6.51. The summed E-state index contributed by atoms with van der Waals surface area (Å²) in [5.41, 5.74) is 7.80. The van der Waals surface area contributed by atoms with Crippen LogP contribution in [0.2, 0.25) is 0 Å². The molecule has 2 rings (SSSR count). The van der Waals surface area contributed by atoms with Crippen molar-refractivity contribution >= 4 is 28.1 Å². The maximum atomic E-state index is 11.8. The standard InChI is InChI=1S/C13H12N4OS/c14-6-5-9-1-3-10(4-2-9)16-12(18)7-11-8-19-13(15)17-11/h1-4,8H,5,7H2,(H2,15,17)(H,16,18). The molecule has 0 fully saturated rings. The van der Waals surface area contributed by atoms with Gasteiger partial charge >= 0.3 is 0 Å². The van der Waals surface area contributed by atoms with Gasteiger partial charge in [-0.25, -0.2) is 4.98 Å². The fourth-order valence-corrected chi connectivity index (χ4v) is 2.13. The Bertz CT molecular complexity index is 612. The van der Waals surface area contributed by atoms with Gasteiger partial charge in [0.1, 0.15) is 0 Å². The lowest BCUT2D eigenvalue weighted by Crippen LogP contribution is -2.14. The van der Waals surface area contributed by atoms with Gasteiger partial charge in [-0.15, -0.1) is 11.3 Å². The zero-order valence-corrected chi connectivity index (χ0v) is 10.9. The van der Waals surface area contributed by atoms with Gasteiger partial charge in [0.25, 0.3) is 0 Å². The molecule has 96 valence electrons. The smallest absolute Gasteiger partial charge is 0.230 e. The highest BCUT2D eigenvalue weighted by atomic mass is 32.1. The van der Waals surface area contributed by atoms with Gasteiger partial charge in [0.05, 0.1) is 24.6 Å². The summed E-state index contributed by atoms with van der Waals surface area (Å²) in [6.07, 6.45) is 0.569. The molecule has 0 radical (unpaired) electrons. The van der Waals surface area contributed by atoms with Crippen molar-refractivity contribution in [2.45, 2.75) is 12.8 Å². The number of hydrogen-bond acceptors (Lipinski definition) is 5. The molecule has 0 atom stereocenters. The summed E-state index contributed by atoms with van der Waals surface area (Å²) in [6.45, 7) is 0. The van der Waals surface area contributed by atoms with Crippen molar-refractivity contribution in [1.29, 1.82) is 5.26 Å². The fraction of sp³-hybridized carbons (Fsp3) is 0.154. The van der Waals surface area contributed by atoms with E-state index >= 15 is 0 Å². The molecular weight excluding hydrogens is 260 g/mol. The molecule has 3 N–H and O–H groups in total. The van der Waals surface area contributed by atoms with E-state index < -0.39 is 0 Å². The Labute approximate surface area is 114 Å². The zero-order chi connectivity index (χ0) is 13.7. The van der Waals surface area contributed by atoms with E-state index in [0.717, 1.165) is 5.56 Å². The summed E-state index contributed by atoms with van der Waals surface area (Å²) in [5.74, 6) is -0.140. The quantitative estimate of drug-likeness (QED) is 0.890. The first kappa shape index (κ1) is 13.1. The Morgan fingerprint density at radius 3 is 2.74 bits per heavy atom. The highest BCUT2D eigenvalue weighted by Crippen LogP contribution is 2.13. The van der Waals surface area contributed by atoms with Crippen LogP contribution in [-0.2, 0) is 17.6 Å². The van der Waals surface area contributed by atoms with Gasteiger partial charge in [-0.2, -0.15) is 5.26 Å². The van der Waals surface area contributed by atoms with Crippen LogP contribution in [0.4, 0.5) is 10.8 Å². The van der Waals surface area contributed by atoms with Crippen molar-refractivity contribution < 1.29 is 4.79 Å². The first-order valence-electron chi connectivity index (χ1n) is 5.63. The number of nitrogens with one attached hydrogen (secondary N) is 1. The molecule has 1 aromatic heterocycles. The van der Waals surface area contributed by atoms with Crippen LogP contribution in [0.3, 0.4) is 0 Å². The van der Waals surface area contributed by atoms with Gasteiger partial charge in [0, 0.05) is 11.1 Å². The van der Waals surface area contributed by atoms with E-state index in [1.165, 1.54) is 11.3 Å². The number of benzene rings is 1. The van der Waals surface area contributed by atoms with Crippen LogP contribution < -0.4 is 11.1 Å². The number of rotatable bonds is 4. The molecule has 0 spiro atoms. The summed E-state index contributed by atoms with van der Waals surface area (Å²) < 4.78 is 0. The predicted molar refractivity (Wildman–Crippen MR) is 74.6 cm³/mol. The summed E-state index contributed by atoms with van der Waals surface area (Å²) in [7, 11) is 0. The van der Waals surface area contributed by atoms with Crippen molar-refractivity contribution in [1.82, 2.24) is 4.98 Å². The van der Waals surface area contributed by atoms with Crippen LogP contribution in [0.25, 0.3) is 0 Å². The molecule has 1 aromatic carbocycles. The fourth-order valence-electron chi connectivity index (χ4n) is 1.57. The summed E-state index contributed by atoms with van der Waals surface area (Å²) >= 11 is 1.32. The number of carbonyl (C=O) groups is 1. The van der Waals surface area contributed by atoms with E-state index in [4.69, 9.17) is 11.0 Å². The van der Waals surface area contributed by atoms with Crippen LogP contribution in [0, 0.1) is 11.3 Å². The van der Waals surface area contributed by atoms with E-state index in [1.54, 1.807) is 17.5 Å². The number of amides is 1. The Morgan fingerprint density at radius 2 is 2.16 bits per heavy atom. The number of nitrogens with two attached hydrogens (primary N) is 1. The van der Waals surface area contributed by atoms with Crippen molar-refractivity contribution in [2.24, 2.45) is 0 Å². The number of anilines is 2. The monoisotopic (exact) mass is 272 g/mol. The number of nitrogens with zero attached hydrogens (tertiary/aromatic N) is 2. The normalized spacial score (nSPS) is 9.84. The minimum Gasteiger partial charge on any atom is -0.375 e. The maximum Gasteiger partial charge on any atom is 0.230 e. The average molecular weight is 272 g/mol. The van der Waals surface area contributed by atoms with Crippen molar-refractivity contribution in [3.05, 3.63) is 40.9 Å². The average Bonchev–Trinajstić information content (AvgIpc) is 2.77. The third-order valence-electron chi connectivity index (χ3n) is 2.43. The number of nitriles is 1. The van der Waals surface area contributed by atoms with Crippen molar-refractivity contribution in [3.8, 4) is 6.07 Å². The van der Waals surface area contributed by atoms with Crippen LogP contribution in [0.1, 0.15) is 11.3 Å². The number of hydrogen-bond donors (Lipinski definition) is 2. The lowest BCUT2D eigenvalue weighted by atomic mass is 10.1. The number of nitrogen functional groups attached to an aromatic ring is 1. The van der Waals surface area contributed by atoms with E-state index in [-0.39, 0.29) is 12.3 Å². The van der Waals surface area contributed by atoms with E-state index in [1.807, 2.05) is 12.1 Å². The number of carbonyl (C=O) groups excluding carboxylic acids is 1. The predicted octanol–water partition coefficient (Wildman–Crippen LogP) is 1.97. The van der Waals surface area contributed by atoms with Gasteiger partial charge in [-0.05, 0) is 17.7 Å². The molecule has 2 aromatic rings. The van der Waals surface area contributed by atoms with E-state index in [0.29, 0.717) is 22.9 Å². The number of aromatic nitrogens is 1. The molecule has 0 bridgehead atoms. The third-order valence-corrected chi connectivity index (χ3v) is 3.15. The number of thiazole rings is 1. The molecule has 0 aliphatic rings. The largest absolute Gasteiger partial charge is 0.375 e. The van der Waals surface area contributed by atoms with Crippen molar-refractivity contribution in [2.75, 3.05) is 11.1 Å². The van der Waals surface area contributed by atoms with Gasteiger partial charge in [-0.3, -0.25) is 4.79 Å². The molecule has 0 saturated heterocycles. The highest BCUT2D eigenvalue weighted by Gasteiger charge is 2.07. The molecule has 5 nitrogen and oxygen atoms in total. The molecule has 19 heavy (non-hydrogen) atoms. The van der Waals surface area contributed by atoms with Gasteiger partial charge in [-0.1, -0.05) is 12.1 Å². The molecular formula is C13H12N4OS. The summed E-state index contributed by atoms with van der Waals surface area (Å²) in [5, 5.41) is 13.6. The summed E-state index contributed by atoms with van der Waals surface area (Å²) in [6, 6.07) is 9.27. The minimum absolute atomic E-state index is 0.140. The van der Waals surface area contributed by atoms with Crippen LogP contribution >= 0.6 is 11.3 Å². The second-order valence-corrected chi connectivity index (χ2v) is 4.82. The second kappa shape index (κ2) is 5.98. The molecule has 0 aliphatic carbocycles. The van der Waals surface area contributed by atoms with Gasteiger partial charge in [0.15, 0.2) is 5.13 Å². The topological polar surface area (TPSA) is 91.8 Å². The van der Waals surface area contributed by atoms with E-state index in [2.05, 4.69) is 16.4 Å². The van der Waals surface area contributed by atoms with Crippen LogP contribution in [0.5, 0.6) is 0 Å². The highest BCUT2D eigenvalue weighted by molar-refractivity contribution is 7.13. The van der Waals surface area contributed by atoms with E-state index in [9.17, 15) is 4.79 Å². The summed E-state index contributed by atoms with van der Waals surface area (Å²) in [4.78, 5) is 15.8. The SMILES string of the molecule is N#CCc1ccc(NC(=O)Cc2csc(N)n2)cc1. The lowest BCUT2D eigenvalue weighted by molar-refractivity contribution is -0.115. The van der Waals surface area contributed by atoms with Crippen LogP contribution in [-0.4, -0.2) is 10.9 Å². The van der Waals surface area contributed by atoms with Crippen LogP contribution in [0.15, 0.2) is 29.6 Å². The molecule has 0 unspecified atom stereocenters. The third kappa shape index (κ3) is 3.79. The molecule has 1 amide bonds. The Hall–Kier alpha value is -2.39. The second-order valence-electron chi connectivity index (χ2n) is 3.93. The zero-order valence-electron chi connectivity index (χ0n) is 10.1.